The van der Waals surface area contributed by atoms with E-state index in [1.807, 2.05) is 0 Å². The van der Waals surface area contributed by atoms with Crippen molar-refractivity contribution in [1.29, 1.82) is 0 Å². The Kier molecular flexibility index (Phi) is 2.72. The van der Waals surface area contributed by atoms with Crippen LogP contribution in [0.4, 0.5) is 0 Å². The smallest absolute Gasteiger partial charge is 0.0183 e. The first kappa shape index (κ1) is 8.79. The van der Waals surface area contributed by atoms with Crippen LogP contribution < -0.4 is 5.32 Å². The van der Waals surface area contributed by atoms with Crippen molar-refractivity contribution >= 4 is 0 Å². The molecule has 1 aliphatic carbocycles. The van der Waals surface area contributed by atoms with E-state index in [1.54, 1.807) is 0 Å². The number of allylic oxidation sites excluding steroid dienone is 1. The molecule has 0 radical (unpaired) electrons. The molecule has 64 valence electrons. The second-order valence-corrected chi connectivity index (χ2v) is 3.80. The molecule has 1 rings (SSSR count). The average Bonchev–Trinajstić information content (AvgIpc) is 2.69. The molecule has 1 heteroatoms. The summed E-state index contributed by atoms with van der Waals surface area (Å²) in [5.74, 6) is 0. The predicted molar refractivity (Wildman–Crippen MR) is 49.7 cm³/mol. The summed E-state index contributed by atoms with van der Waals surface area (Å²) in [5, 5.41) is 3.57. The molecule has 11 heavy (non-hydrogen) atoms. The molecule has 0 heterocycles. The molecule has 0 unspecified atom stereocenters. The van der Waals surface area contributed by atoms with Crippen LogP contribution in [-0.4, -0.2) is 12.1 Å². The van der Waals surface area contributed by atoms with Gasteiger partial charge in [-0.25, -0.2) is 0 Å². The highest BCUT2D eigenvalue weighted by Gasteiger charge is 2.39. The number of hydrogen-bond acceptors (Lipinski definition) is 1. The normalized spacial score (nSPS) is 19.5. The van der Waals surface area contributed by atoms with Crippen molar-refractivity contribution in [3.05, 3.63) is 11.6 Å². The summed E-state index contributed by atoms with van der Waals surface area (Å²) in [6.45, 7) is 7.61. The minimum absolute atomic E-state index is 0.534. The van der Waals surface area contributed by atoms with E-state index in [4.69, 9.17) is 0 Å². The monoisotopic (exact) mass is 153 g/mol. The summed E-state index contributed by atoms with van der Waals surface area (Å²) >= 11 is 0. The molecule has 0 aliphatic heterocycles. The van der Waals surface area contributed by atoms with Gasteiger partial charge in [0.15, 0.2) is 0 Å². The average molecular weight is 153 g/mol. The Hall–Kier alpha value is -0.300. The minimum Gasteiger partial charge on any atom is -0.308 e. The van der Waals surface area contributed by atoms with Gasteiger partial charge in [-0.05, 0) is 33.1 Å². The highest BCUT2D eigenvalue weighted by molar-refractivity contribution is 5.04. The summed E-state index contributed by atoms with van der Waals surface area (Å²) < 4.78 is 0. The summed E-state index contributed by atoms with van der Waals surface area (Å²) in [6, 6.07) is 0. The zero-order chi connectivity index (χ0) is 8.32. The summed E-state index contributed by atoms with van der Waals surface area (Å²) in [7, 11) is 0. The number of nitrogens with one attached hydrogen (secondary N) is 1. The van der Waals surface area contributed by atoms with Crippen molar-refractivity contribution in [1.82, 2.24) is 5.32 Å². The van der Waals surface area contributed by atoms with E-state index < -0.39 is 0 Å². The Morgan fingerprint density at radius 2 is 2.09 bits per heavy atom. The highest BCUT2D eigenvalue weighted by Crippen LogP contribution is 2.37. The fourth-order valence-electron chi connectivity index (χ4n) is 1.28. The van der Waals surface area contributed by atoms with Crippen LogP contribution in [-0.2, 0) is 0 Å². The quantitative estimate of drug-likeness (QED) is 0.612. The van der Waals surface area contributed by atoms with Gasteiger partial charge in [0.2, 0.25) is 0 Å². The summed E-state index contributed by atoms with van der Waals surface area (Å²) in [5.41, 5.74) is 1.94. The second-order valence-electron chi connectivity index (χ2n) is 3.80. The number of rotatable bonds is 4. The van der Waals surface area contributed by atoms with Gasteiger partial charge >= 0.3 is 0 Å². The Balaban J connectivity index is 2.17. The van der Waals surface area contributed by atoms with E-state index >= 15 is 0 Å². The topological polar surface area (TPSA) is 12.0 Å². The first-order chi connectivity index (χ1) is 5.18. The van der Waals surface area contributed by atoms with Gasteiger partial charge in [0.05, 0.1) is 0 Å². The lowest BCUT2D eigenvalue weighted by molar-refractivity contribution is 0.510. The Labute approximate surface area is 69.9 Å². The molecule has 1 saturated carbocycles. The highest BCUT2D eigenvalue weighted by atomic mass is 15.0. The first-order valence-electron chi connectivity index (χ1n) is 4.57. The van der Waals surface area contributed by atoms with Gasteiger partial charge < -0.3 is 5.32 Å². The zero-order valence-corrected chi connectivity index (χ0v) is 7.91. The van der Waals surface area contributed by atoms with Gasteiger partial charge in [-0.1, -0.05) is 18.6 Å². The van der Waals surface area contributed by atoms with E-state index in [0.29, 0.717) is 5.54 Å². The molecule has 0 bridgehead atoms. The molecule has 0 amide bonds. The molecular formula is C10H19N. The predicted octanol–water partition coefficient (Wildman–Crippen LogP) is 2.48. The molecule has 0 atom stereocenters. The standard InChI is InChI=1S/C10H19N/c1-4-10(6-7-10)11-8-5-9(2)3/h5,11H,4,6-8H2,1-3H3. The molecule has 0 aromatic heterocycles. The maximum absolute atomic E-state index is 3.57. The van der Waals surface area contributed by atoms with Crippen molar-refractivity contribution in [2.75, 3.05) is 6.54 Å². The number of hydrogen-bond donors (Lipinski definition) is 1. The molecule has 1 nitrogen and oxygen atoms in total. The van der Waals surface area contributed by atoms with E-state index in [2.05, 4.69) is 32.2 Å². The van der Waals surface area contributed by atoms with Gasteiger partial charge in [-0.15, -0.1) is 0 Å². The third-order valence-electron chi connectivity index (χ3n) is 2.52. The fourth-order valence-corrected chi connectivity index (χ4v) is 1.28. The maximum Gasteiger partial charge on any atom is 0.0183 e. The van der Waals surface area contributed by atoms with Gasteiger partial charge in [-0.2, -0.15) is 0 Å². The molecule has 0 saturated heterocycles. The molecule has 0 aromatic carbocycles. The van der Waals surface area contributed by atoms with Gasteiger partial charge in [0, 0.05) is 12.1 Å². The van der Waals surface area contributed by atoms with Crippen LogP contribution in [0.25, 0.3) is 0 Å². The van der Waals surface area contributed by atoms with E-state index in [-0.39, 0.29) is 0 Å². The lowest BCUT2D eigenvalue weighted by Crippen LogP contribution is -2.30. The molecule has 1 fully saturated rings. The molecule has 1 aliphatic rings. The van der Waals surface area contributed by atoms with Crippen molar-refractivity contribution in [2.24, 2.45) is 0 Å². The van der Waals surface area contributed by atoms with Gasteiger partial charge in [-0.3, -0.25) is 0 Å². The lowest BCUT2D eigenvalue weighted by Gasteiger charge is -2.12. The van der Waals surface area contributed by atoms with E-state index in [0.717, 1.165) is 6.54 Å². The van der Waals surface area contributed by atoms with Crippen LogP contribution in [0.15, 0.2) is 11.6 Å². The van der Waals surface area contributed by atoms with Gasteiger partial charge in [0.1, 0.15) is 0 Å². The molecular weight excluding hydrogens is 134 g/mol. The minimum atomic E-state index is 0.534. The molecule has 1 N–H and O–H groups in total. The van der Waals surface area contributed by atoms with Crippen LogP contribution in [0.5, 0.6) is 0 Å². The summed E-state index contributed by atoms with van der Waals surface area (Å²) in [4.78, 5) is 0. The fraction of sp³-hybridized carbons (Fsp3) is 0.800. The SMILES string of the molecule is CCC1(NCC=C(C)C)CC1. The van der Waals surface area contributed by atoms with Crippen LogP contribution >= 0.6 is 0 Å². The van der Waals surface area contributed by atoms with Crippen molar-refractivity contribution < 1.29 is 0 Å². The van der Waals surface area contributed by atoms with E-state index in [1.165, 1.54) is 24.8 Å². The second kappa shape index (κ2) is 3.40. The van der Waals surface area contributed by atoms with E-state index in [9.17, 15) is 0 Å². The third-order valence-corrected chi connectivity index (χ3v) is 2.52. The Morgan fingerprint density at radius 3 is 2.45 bits per heavy atom. The van der Waals surface area contributed by atoms with Crippen LogP contribution in [0.1, 0.15) is 40.0 Å². The largest absolute Gasteiger partial charge is 0.308 e. The van der Waals surface area contributed by atoms with Crippen molar-refractivity contribution in [3.63, 3.8) is 0 Å². The Bertz CT molecular complexity index is 150. The first-order valence-corrected chi connectivity index (χ1v) is 4.57. The van der Waals surface area contributed by atoms with Gasteiger partial charge in [0.25, 0.3) is 0 Å². The van der Waals surface area contributed by atoms with Crippen LogP contribution in [0, 0.1) is 0 Å². The third kappa shape index (κ3) is 2.66. The Morgan fingerprint density at radius 1 is 1.45 bits per heavy atom. The van der Waals surface area contributed by atoms with Crippen LogP contribution in [0.3, 0.4) is 0 Å². The van der Waals surface area contributed by atoms with Crippen molar-refractivity contribution in [2.45, 2.75) is 45.6 Å². The molecule has 0 spiro atoms. The zero-order valence-electron chi connectivity index (χ0n) is 7.91. The van der Waals surface area contributed by atoms with Crippen LogP contribution in [0.2, 0.25) is 0 Å². The van der Waals surface area contributed by atoms with Crippen molar-refractivity contribution in [3.8, 4) is 0 Å². The lowest BCUT2D eigenvalue weighted by atomic mass is 10.2. The molecule has 0 aromatic rings. The summed E-state index contributed by atoms with van der Waals surface area (Å²) in [6.07, 6.45) is 6.29. The maximum atomic E-state index is 3.57.